The van der Waals surface area contributed by atoms with Crippen molar-refractivity contribution in [1.82, 2.24) is 4.57 Å². The van der Waals surface area contributed by atoms with Gasteiger partial charge in [-0.1, -0.05) is 12.1 Å². The second-order valence-electron chi connectivity index (χ2n) is 6.41. The van der Waals surface area contributed by atoms with Gasteiger partial charge in [-0.05, 0) is 48.9 Å². The molecule has 0 saturated carbocycles. The van der Waals surface area contributed by atoms with E-state index in [2.05, 4.69) is 6.07 Å². The van der Waals surface area contributed by atoms with Crippen LogP contribution in [0.1, 0.15) is 21.5 Å². The molecule has 3 aromatic carbocycles. The Kier molecular flexibility index (Phi) is 3.91. The van der Waals surface area contributed by atoms with Crippen LogP contribution in [0.25, 0.3) is 21.8 Å². The first-order valence-electron chi connectivity index (χ1n) is 8.24. The van der Waals surface area contributed by atoms with Gasteiger partial charge < -0.3 is 10.3 Å². The smallest absolute Gasteiger partial charge is 0.249 e. The van der Waals surface area contributed by atoms with Crippen LogP contribution in [-0.2, 0) is 6.54 Å². The van der Waals surface area contributed by atoms with E-state index in [1.165, 1.54) is 0 Å². The summed E-state index contributed by atoms with van der Waals surface area (Å²) in [5.41, 5.74) is 7.47. The number of nitrogens with two attached hydrogens (primary N) is 1. The molecule has 4 rings (SSSR count). The van der Waals surface area contributed by atoms with Crippen LogP contribution in [0, 0.1) is 30.4 Å². The van der Waals surface area contributed by atoms with Crippen molar-refractivity contribution in [1.29, 1.82) is 0 Å². The highest BCUT2D eigenvalue weighted by atomic mass is 19.2. The van der Waals surface area contributed by atoms with Gasteiger partial charge in [0.2, 0.25) is 5.91 Å². The lowest BCUT2D eigenvalue weighted by atomic mass is 10.1. The van der Waals surface area contributed by atoms with Gasteiger partial charge in [0.15, 0.2) is 11.6 Å². The molecule has 0 spiro atoms. The Balaban J connectivity index is 2.08. The summed E-state index contributed by atoms with van der Waals surface area (Å²) in [6.07, 6.45) is 0. The first kappa shape index (κ1) is 17.1. The number of benzene rings is 3. The van der Waals surface area contributed by atoms with Gasteiger partial charge in [-0.3, -0.25) is 4.79 Å². The van der Waals surface area contributed by atoms with Gasteiger partial charge in [-0.25, -0.2) is 13.2 Å². The molecule has 0 aliphatic carbocycles. The van der Waals surface area contributed by atoms with Crippen molar-refractivity contribution in [2.24, 2.45) is 5.73 Å². The molecule has 0 saturated heterocycles. The molecule has 1 amide bonds. The topological polar surface area (TPSA) is 48.0 Å². The van der Waals surface area contributed by atoms with Gasteiger partial charge in [0.25, 0.3) is 0 Å². The van der Waals surface area contributed by atoms with Crippen molar-refractivity contribution < 1.29 is 18.0 Å². The minimum Gasteiger partial charge on any atom is -0.366 e. The van der Waals surface area contributed by atoms with Gasteiger partial charge in [0, 0.05) is 21.9 Å². The molecule has 0 bridgehead atoms. The predicted octanol–water partition coefficient (Wildman–Crippen LogP) is 4.47. The van der Waals surface area contributed by atoms with Crippen LogP contribution in [0.5, 0.6) is 0 Å². The van der Waals surface area contributed by atoms with Crippen molar-refractivity contribution >= 4 is 27.7 Å². The van der Waals surface area contributed by atoms with E-state index in [-0.39, 0.29) is 17.7 Å². The van der Waals surface area contributed by atoms with Crippen LogP contribution in [-0.4, -0.2) is 10.5 Å². The number of aryl methyl sites for hydroxylation is 1. The van der Waals surface area contributed by atoms with E-state index in [4.69, 9.17) is 5.73 Å². The van der Waals surface area contributed by atoms with Crippen molar-refractivity contribution in [3.05, 3.63) is 82.7 Å². The molecule has 0 aliphatic heterocycles. The summed E-state index contributed by atoms with van der Waals surface area (Å²) >= 11 is 0. The lowest BCUT2D eigenvalue weighted by Gasteiger charge is -2.11. The number of primary amides is 1. The quantitative estimate of drug-likeness (QED) is 0.534. The van der Waals surface area contributed by atoms with Gasteiger partial charge in [0.1, 0.15) is 5.82 Å². The van der Waals surface area contributed by atoms with E-state index in [9.17, 15) is 18.0 Å². The highest BCUT2D eigenvalue weighted by Gasteiger charge is 2.20. The second-order valence-corrected chi connectivity index (χ2v) is 6.41. The highest BCUT2D eigenvalue weighted by molar-refractivity contribution is 6.17. The molecule has 1 heterocycles. The van der Waals surface area contributed by atoms with Crippen LogP contribution >= 0.6 is 0 Å². The Morgan fingerprint density at radius 2 is 1.85 bits per heavy atom. The fraction of sp³-hybridized carbons (Fsp3) is 0.0952. The molecule has 0 atom stereocenters. The molecule has 4 aromatic rings. The Morgan fingerprint density at radius 3 is 2.59 bits per heavy atom. The maximum Gasteiger partial charge on any atom is 0.249 e. The Hall–Kier alpha value is -3.28. The standard InChI is InChI=1S/C21H14F3N2O/c1-11-5-6-12-18(9-11)26(10-14-15(22)7-8-16(23)20(14)24)17-4-2-3-13(19(12)17)21(25)27/h2-5,7-9H,10H2,1H3,(H2,25,27). The molecule has 3 nitrogen and oxygen atoms in total. The number of hydrogen-bond donors (Lipinski definition) is 1. The normalized spacial score (nSPS) is 11.4. The Labute approximate surface area is 152 Å². The fourth-order valence-electron chi connectivity index (χ4n) is 3.41. The number of rotatable bonds is 3. The SMILES string of the molecule is Cc1c[c]c2c3c(C(N)=O)cccc3n(Cc3c(F)ccc(F)c3F)c2c1. The van der Waals surface area contributed by atoms with Crippen LogP contribution in [0.2, 0.25) is 0 Å². The maximum absolute atomic E-state index is 14.2. The van der Waals surface area contributed by atoms with Gasteiger partial charge in [0.05, 0.1) is 17.6 Å². The van der Waals surface area contributed by atoms with E-state index in [1.54, 1.807) is 28.8 Å². The maximum atomic E-state index is 14.2. The summed E-state index contributed by atoms with van der Waals surface area (Å²) in [5.74, 6) is -3.80. The van der Waals surface area contributed by atoms with Crippen LogP contribution in [0.3, 0.4) is 0 Å². The first-order valence-corrected chi connectivity index (χ1v) is 8.24. The third kappa shape index (κ3) is 2.65. The summed E-state index contributed by atoms with van der Waals surface area (Å²) in [4.78, 5) is 11.9. The number of amides is 1. The molecular weight excluding hydrogens is 353 g/mol. The third-order valence-corrected chi connectivity index (χ3v) is 4.66. The number of halogens is 3. The zero-order chi connectivity index (χ0) is 19.3. The van der Waals surface area contributed by atoms with Crippen LogP contribution in [0.15, 0.2) is 42.5 Å². The Morgan fingerprint density at radius 1 is 1.11 bits per heavy atom. The van der Waals surface area contributed by atoms with Crippen LogP contribution in [0.4, 0.5) is 13.2 Å². The number of fused-ring (bicyclic) bond motifs is 3. The molecule has 0 fully saturated rings. The monoisotopic (exact) mass is 367 g/mol. The van der Waals surface area contributed by atoms with Crippen molar-refractivity contribution in [2.45, 2.75) is 13.5 Å². The van der Waals surface area contributed by atoms with Crippen molar-refractivity contribution in [3.8, 4) is 0 Å². The molecule has 1 aromatic heterocycles. The molecule has 0 unspecified atom stereocenters. The molecule has 6 heteroatoms. The Bertz CT molecular complexity index is 1230. The van der Waals surface area contributed by atoms with E-state index in [1.807, 2.05) is 13.0 Å². The summed E-state index contributed by atoms with van der Waals surface area (Å²) in [5, 5.41) is 1.17. The van der Waals surface area contributed by atoms with E-state index in [0.29, 0.717) is 21.8 Å². The minimum absolute atomic E-state index is 0.241. The van der Waals surface area contributed by atoms with Crippen LogP contribution < -0.4 is 5.73 Å². The minimum atomic E-state index is -1.23. The zero-order valence-electron chi connectivity index (χ0n) is 14.3. The molecule has 27 heavy (non-hydrogen) atoms. The number of aromatic nitrogens is 1. The summed E-state index contributed by atoms with van der Waals surface area (Å²) in [6.45, 7) is 1.62. The van der Waals surface area contributed by atoms with Gasteiger partial charge in [-0.15, -0.1) is 0 Å². The summed E-state index contributed by atoms with van der Waals surface area (Å²) in [7, 11) is 0. The highest BCUT2D eigenvalue weighted by Crippen LogP contribution is 2.33. The van der Waals surface area contributed by atoms with Gasteiger partial charge in [-0.2, -0.15) is 0 Å². The predicted molar refractivity (Wildman–Crippen MR) is 97.0 cm³/mol. The largest absolute Gasteiger partial charge is 0.366 e. The molecule has 2 N–H and O–H groups in total. The van der Waals surface area contributed by atoms with E-state index >= 15 is 0 Å². The zero-order valence-corrected chi connectivity index (χ0v) is 14.3. The van der Waals surface area contributed by atoms with E-state index in [0.717, 1.165) is 17.7 Å². The van der Waals surface area contributed by atoms with E-state index < -0.39 is 23.4 Å². The average Bonchev–Trinajstić information content (AvgIpc) is 2.94. The lowest BCUT2D eigenvalue weighted by molar-refractivity contribution is 0.100. The molecule has 135 valence electrons. The third-order valence-electron chi connectivity index (χ3n) is 4.66. The summed E-state index contributed by atoms with van der Waals surface area (Å²) in [6, 6.07) is 13.3. The number of nitrogens with zero attached hydrogens (tertiary/aromatic N) is 1. The van der Waals surface area contributed by atoms with Gasteiger partial charge >= 0.3 is 0 Å². The molecular formula is C21H14F3N2O. The van der Waals surface area contributed by atoms with Crippen molar-refractivity contribution in [2.75, 3.05) is 0 Å². The molecule has 0 aliphatic rings. The first-order chi connectivity index (χ1) is 12.9. The number of carbonyl (C=O) groups excluding carboxylic acids is 1. The number of carbonyl (C=O) groups is 1. The fourth-order valence-corrected chi connectivity index (χ4v) is 3.41. The number of hydrogen-bond acceptors (Lipinski definition) is 1. The lowest BCUT2D eigenvalue weighted by Crippen LogP contribution is -2.11. The average molecular weight is 367 g/mol. The summed E-state index contributed by atoms with van der Waals surface area (Å²) < 4.78 is 43.7. The van der Waals surface area contributed by atoms with Crippen molar-refractivity contribution in [3.63, 3.8) is 0 Å². The molecule has 1 radical (unpaired) electrons. The second kappa shape index (κ2) is 6.16.